The molecule has 3 heteroatoms. The van der Waals surface area contributed by atoms with Gasteiger partial charge in [-0.25, -0.2) is 0 Å². The van der Waals surface area contributed by atoms with E-state index < -0.39 is 0 Å². The Hall–Kier alpha value is -0.240. The molecule has 2 nitrogen and oxygen atoms in total. The number of nitrogens with zero attached hydrogens (tertiary/aromatic N) is 1. The lowest BCUT2D eigenvalue weighted by molar-refractivity contribution is 0.227. The smallest absolute Gasteiger partial charge is 0.316 e. The van der Waals surface area contributed by atoms with Gasteiger partial charge in [-0.1, -0.05) is 13.8 Å². The maximum absolute atomic E-state index is 10.3. The zero-order valence-corrected chi connectivity index (χ0v) is 7.90. The van der Waals surface area contributed by atoms with Crippen LogP contribution < -0.4 is 0 Å². The molecule has 0 aromatic rings. The molecule has 0 saturated carbocycles. The van der Waals surface area contributed by atoms with Crippen molar-refractivity contribution in [2.45, 2.75) is 27.7 Å². The van der Waals surface area contributed by atoms with Gasteiger partial charge < -0.3 is 4.90 Å². The quantitative estimate of drug-likeness (QED) is 0.455. The van der Waals surface area contributed by atoms with Gasteiger partial charge in [-0.3, -0.25) is 4.79 Å². The molecule has 0 bridgehead atoms. The molecular formula is C7H16ClNO. The van der Waals surface area contributed by atoms with Crippen LogP contribution in [0.15, 0.2) is 0 Å². The topological polar surface area (TPSA) is 20.3 Å². The first-order chi connectivity index (χ1) is 4.72. The van der Waals surface area contributed by atoms with Crippen molar-refractivity contribution in [3.63, 3.8) is 0 Å². The molecule has 0 unspecified atom stereocenters. The number of carbonyl (C=O) groups excluding carboxylic acids is 1. The van der Waals surface area contributed by atoms with E-state index in [1.165, 1.54) is 0 Å². The minimum Gasteiger partial charge on any atom is -0.330 e. The second-order valence-electron chi connectivity index (χ2n) is 1.43. The molecule has 62 valence electrons. The highest BCUT2D eigenvalue weighted by Gasteiger charge is 2.02. The highest BCUT2D eigenvalue weighted by molar-refractivity contribution is 6.62. The molecule has 0 fully saturated rings. The standard InChI is InChI=1S/C5H10ClNO.C2H6/c1-3-7(4-2)5(6)8;1-2/h3-4H2,1-2H3;1-2H3. The van der Waals surface area contributed by atoms with E-state index in [9.17, 15) is 4.79 Å². The third-order valence-electron chi connectivity index (χ3n) is 1.01. The second-order valence-corrected chi connectivity index (χ2v) is 1.75. The van der Waals surface area contributed by atoms with Gasteiger partial charge >= 0.3 is 5.37 Å². The Kier molecular flexibility index (Phi) is 10.9. The summed E-state index contributed by atoms with van der Waals surface area (Å²) in [4.78, 5) is 11.8. The zero-order valence-electron chi connectivity index (χ0n) is 7.15. The monoisotopic (exact) mass is 165 g/mol. The number of hydrogen-bond acceptors (Lipinski definition) is 1. The predicted molar refractivity (Wildman–Crippen MR) is 45.5 cm³/mol. The van der Waals surface area contributed by atoms with Gasteiger partial charge in [-0.15, -0.1) is 0 Å². The predicted octanol–water partition coefficient (Wildman–Crippen LogP) is 2.71. The third-order valence-corrected chi connectivity index (χ3v) is 1.25. The molecule has 0 spiro atoms. The van der Waals surface area contributed by atoms with Crippen molar-refractivity contribution in [1.82, 2.24) is 4.90 Å². The number of rotatable bonds is 2. The first-order valence-electron chi connectivity index (χ1n) is 3.66. The van der Waals surface area contributed by atoms with Crippen LogP contribution in [0, 0.1) is 0 Å². The summed E-state index contributed by atoms with van der Waals surface area (Å²) < 4.78 is 0. The molecule has 0 aromatic heterocycles. The fourth-order valence-corrected chi connectivity index (χ4v) is 0.711. The van der Waals surface area contributed by atoms with Gasteiger partial charge in [-0.2, -0.15) is 0 Å². The van der Waals surface area contributed by atoms with Crippen molar-refractivity contribution in [2.24, 2.45) is 0 Å². The van der Waals surface area contributed by atoms with Crippen LogP contribution in [-0.2, 0) is 0 Å². The Labute approximate surface area is 68.2 Å². The van der Waals surface area contributed by atoms with Crippen molar-refractivity contribution < 1.29 is 4.79 Å². The molecule has 1 amide bonds. The molecule has 0 saturated heterocycles. The lowest BCUT2D eigenvalue weighted by Crippen LogP contribution is -2.24. The Morgan fingerprint density at radius 1 is 1.30 bits per heavy atom. The Balaban J connectivity index is 0. The maximum atomic E-state index is 10.3. The molecular weight excluding hydrogens is 150 g/mol. The summed E-state index contributed by atoms with van der Waals surface area (Å²) in [5.74, 6) is 0. The van der Waals surface area contributed by atoms with E-state index in [-0.39, 0.29) is 5.37 Å². The van der Waals surface area contributed by atoms with Crippen LogP contribution in [-0.4, -0.2) is 23.4 Å². The highest BCUT2D eigenvalue weighted by Crippen LogP contribution is 1.93. The molecule has 10 heavy (non-hydrogen) atoms. The lowest BCUT2D eigenvalue weighted by atomic mass is 10.6. The van der Waals surface area contributed by atoms with Crippen molar-refractivity contribution in [2.75, 3.05) is 13.1 Å². The summed E-state index contributed by atoms with van der Waals surface area (Å²) in [6, 6.07) is 0. The number of hydrogen-bond donors (Lipinski definition) is 0. The molecule has 0 aliphatic carbocycles. The number of carbonyl (C=O) groups is 1. The Morgan fingerprint density at radius 2 is 1.60 bits per heavy atom. The number of halogens is 1. The summed E-state index contributed by atoms with van der Waals surface area (Å²) in [5.41, 5.74) is 0. The van der Waals surface area contributed by atoms with E-state index in [0.29, 0.717) is 13.1 Å². The minimum absolute atomic E-state index is 0.366. The normalized spacial score (nSPS) is 7.70. The van der Waals surface area contributed by atoms with Crippen LogP contribution in [0.4, 0.5) is 4.79 Å². The summed E-state index contributed by atoms with van der Waals surface area (Å²) in [5, 5.41) is -0.366. The molecule has 0 rings (SSSR count). The van der Waals surface area contributed by atoms with Crippen LogP contribution >= 0.6 is 11.6 Å². The Morgan fingerprint density at radius 3 is 1.60 bits per heavy atom. The van der Waals surface area contributed by atoms with Crippen LogP contribution in [0.5, 0.6) is 0 Å². The zero-order chi connectivity index (χ0) is 8.57. The molecule has 0 heterocycles. The van der Waals surface area contributed by atoms with E-state index in [1.807, 2.05) is 27.7 Å². The molecule has 0 N–H and O–H groups in total. The average Bonchev–Trinajstić information content (AvgIpc) is 1.94. The fraction of sp³-hybridized carbons (Fsp3) is 0.857. The molecule has 0 atom stereocenters. The van der Waals surface area contributed by atoms with Gasteiger partial charge in [0.05, 0.1) is 0 Å². The summed E-state index contributed by atoms with van der Waals surface area (Å²) >= 11 is 5.13. The highest BCUT2D eigenvalue weighted by atomic mass is 35.5. The first kappa shape index (κ1) is 12.4. The summed E-state index contributed by atoms with van der Waals surface area (Å²) in [6.45, 7) is 9.17. The minimum atomic E-state index is -0.366. The molecule has 0 aliphatic heterocycles. The van der Waals surface area contributed by atoms with Gasteiger partial charge in [0, 0.05) is 13.1 Å². The van der Waals surface area contributed by atoms with Crippen molar-refractivity contribution in [1.29, 1.82) is 0 Å². The molecule has 0 aliphatic rings. The van der Waals surface area contributed by atoms with Crippen molar-refractivity contribution >= 4 is 17.0 Å². The maximum Gasteiger partial charge on any atom is 0.316 e. The van der Waals surface area contributed by atoms with Crippen molar-refractivity contribution in [3.8, 4) is 0 Å². The van der Waals surface area contributed by atoms with E-state index in [1.54, 1.807) is 4.90 Å². The molecule has 0 aromatic carbocycles. The van der Waals surface area contributed by atoms with Crippen LogP contribution in [0.3, 0.4) is 0 Å². The van der Waals surface area contributed by atoms with Crippen LogP contribution in [0.2, 0.25) is 0 Å². The van der Waals surface area contributed by atoms with Crippen LogP contribution in [0.25, 0.3) is 0 Å². The van der Waals surface area contributed by atoms with E-state index in [4.69, 9.17) is 11.6 Å². The largest absolute Gasteiger partial charge is 0.330 e. The van der Waals surface area contributed by atoms with Crippen molar-refractivity contribution in [3.05, 3.63) is 0 Å². The third kappa shape index (κ3) is 5.89. The van der Waals surface area contributed by atoms with E-state index in [2.05, 4.69) is 0 Å². The first-order valence-corrected chi connectivity index (χ1v) is 4.04. The average molecular weight is 166 g/mol. The van der Waals surface area contributed by atoms with Gasteiger partial charge in [0.25, 0.3) is 0 Å². The fourth-order valence-electron chi connectivity index (χ4n) is 0.472. The van der Waals surface area contributed by atoms with E-state index >= 15 is 0 Å². The van der Waals surface area contributed by atoms with Crippen LogP contribution in [0.1, 0.15) is 27.7 Å². The van der Waals surface area contributed by atoms with Gasteiger partial charge in [-0.05, 0) is 25.4 Å². The lowest BCUT2D eigenvalue weighted by Gasteiger charge is -2.12. The van der Waals surface area contributed by atoms with E-state index in [0.717, 1.165) is 0 Å². The Bertz CT molecular complexity index is 81.7. The van der Waals surface area contributed by atoms with Gasteiger partial charge in [0.2, 0.25) is 0 Å². The SMILES string of the molecule is CC.CCN(CC)C(=O)Cl. The molecule has 0 radical (unpaired) electrons. The number of amides is 1. The second kappa shape index (κ2) is 8.76. The van der Waals surface area contributed by atoms with Gasteiger partial charge in [0.15, 0.2) is 0 Å². The summed E-state index contributed by atoms with van der Waals surface area (Å²) in [6.07, 6.45) is 0. The summed E-state index contributed by atoms with van der Waals surface area (Å²) in [7, 11) is 0. The van der Waals surface area contributed by atoms with Gasteiger partial charge in [0.1, 0.15) is 0 Å².